The van der Waals surface area contributed by atoms with E-state index in [9.17, 15) is 4.79 Å². The van der Waals surface area contributed by atoms with Gasteiger partial charge in [-0.3, -0.25) is 4.79 Å². The van der Waals surface area contributed by atoms with Crippen molar-refractivity contribution in [2.75, 3.05) is 33.2 Å². The molecule has 0 aliphatic carbocycles. The fraction of sp³-hybridized carbons (Fsp3) is 0.467. The van der Waals surface area contributed by atoms with Crippen molar-refractivity contribution in [2.45, 2.75) is 0 Å². The number of aromatic amines is 1. The fourth-order valence-corrected chi connectivity index (χ4v) is 3.64. The lowest BCUT2D eigenvalue weighted by Crippen LogP contribution is -2.32. The molecule has 5 nitrogen and oxygen atoms in total. The summed E-state index contributed by atoms with van der Waals surface area (Å²) >= 11 is 0. The average Bonchev–Trinajstić information content (AvgIpc) is 3.08. The zero-order chi connectivity index (χ0) is 13.7. The van der Waals surface area contributed by atoms with E-state index in [1.54, 1.807) is 6.20 Å². The molecule has 2 fully saturated rings. The number of fused-ring (bicyclic) bond motifs is 2. The van der Waals surface area contributed by atoms with Gasteiger partial charge in [-0.1, -0.05) is 0 Å². The number of hydrogen-bond acceptors (Lipinski definition) is 3. The maximum Gasteiger partial charge on any atom is 0.270 e. The molecule has 1 amide bonds. The number of rotatable bonds is 1. The molecule has 4 heterocycles. The Morgan fingerprint density at radius 2 is 2.05 bits per heavy atom. The quantitative estimate of drug-likeness (QED) is 0.847. The van der Waals surface area contributed by atoms with Crippen LogP contribution in [0, 0.1) is 11.8 Å². The Balaban J connectivity index is 1.56. The first-order chi connectivity index (χ1) is 9.70. The van der Waals surface area contributed by atoms with Crippen molar-refractivity contribution in [1.82, 2.24) is 19.8 Å². The van der Waals surface area contributed by atoms with E-state index in [-0.39, 0.29) is 5.91 Å². The third kappa shape index (κ3) is 1.81. The van der Waals surface area contributed by atoms with Gasteiger partial charge in [0.2, 0.25) is 0 Å². The Morgan fingerprint density at radius 3 is 2.75 bits per heavy atom. The highest BCUT2D eigenvalue weighted by Crippen LogP contribution is 2.31. The number of aromatic nitrogens is 2. The van der Waals surface area contributed by atoms with Gasteiger partial charge in [0.25, 0.3) is 5.91 Å². The molecule has 1 N–H and O–H groups in total. The minimum absolute atomic E-state index is 0.111. The van der Waals surface area contributed by atoms with E-state index in [4.69, 9.17) is 0 Å². The molecule has 0 saturated carbocycles. The van der Waals surface area contributed by atoms with E-state index in [2.05, 4.69) is 21.9 Å². The maximum atomic E-state index is 12.6. The average molecular weight is 270 g/mol. The first-order valence-corrected chi connectivity index (χ1v) is 7.12. The first-order valence-electron chi connectivity index (χ1n) is 7.12. The van der Waals surface area contributed by atoms with Crippen molar-refractivity contribution in [3.63, 3.8) is 0 Å². The monoisotopic (exact) mass is 270 g/mol. The van der Waals surface area contributed by atoms with Crippen LogP contribution in [0.1, 0.15) is 10.5 Å². The summed E-state index contributed by atoms with van der Waals surface area (Å²) in [5.41, 5.74) is 1.45. The highest BCUT2D eigenvalue weighted by atomic mass is 16.2. The van der Waals surface area contributed by atoms with Crippen molar-refractivity contribution in [1.29, 1.82) is 0 Å². The fourth-order valence-electron chi connectivity index (χ4n) is 3.64. The molecule has 2 atom stereocenters. The smallest absolute Gasteiger partial charge is 0.270 e. The van der Waals surface area contributed by atoms with Gasteiger partial charge in [0, 0.05) is 37.8 Å². The highest BCUT2D eigenvalue weighted by molar-refractivity contribution is 5.97. The van der Waals surface area contributed by atoms with Gasteiger partial charge in [0.1, 0.15) is 11.3 Å². The van der Waals surface area contributed by atoms with Crippen molar-refractivity contribution in [3.05, 3.63) is 30.1 Å². The molecule has 2 aliphatic heterocycles. The Bertz CT molecular complexity index is 618. The second-order valence-corrected chi connectivity index (χ2v) is 6.08. The van der Waals surface area contributed by atoms with E-state index >= 15 is 0 Å². The third-order valence-corrected chi connectivity index (χ3v) is 4.58. The van der Waals surface area contributed by atoms with E-state index in [0.29, 0.717) is 17.5 Å². The number of carbonyl (C=O) groups excluding carboxylic acids is 1. The standard InChI is InChI=1S/C15H18N4O/c1-18-6-11-8-19(9-12(11)7-18)15(20)13-5-10-3-2-4-16-14(10)17-13/h2-5,11-12H,6-9H2,1H3,(H,16,17)/t11-,12+. The van der Waals surface area contributed by atoms with Gasteiger partial charge < -0.3 is 14.8 Å². The van der Waals surface area contributed by atoms with Crippen LogP contribution in [-0.4, -0.2) is 58.9 Å². The molecule has 0 spiro atoms. The van der Waals surface area contributed by atoms with Crippen LogP contribution in [0.5, 0.6) is 0 Å². The number of nitrogens with one attached hydrogen (secondary N) is 1. The predicted molar refractivity (Wildman–Crippen MR) is 76.5 cm³/mol. The molecular formula is C15H18N4O. The van der Waals surface area contributed by atoms with Crippen LogP contribution in [0.25, 0.3) is 11.0 Å². The lowest BCUT2D eigenvalue weighted by molar-refractivity contribution is 0.0771. The van der Waals surface area contributed by atoms with Crippen molar-refractivity contribution in [2.24, 2.45) is 11.8 Å². The topological polar surface area (TPSA) is 52.2 Å². The summed E-state index contributed by atoms with van der Waals surface area (Å²) in [5, 5.41) is 0.995. The number of likely N-dealkylation sites (tertiary alicyclic amines) is 2. The lowest BCUT2D eigenvalue weighted by Gasteiger charge is -2.18. The number of amides is 1. The van der Waals surface area contributed by atoms with Gasteiger partial charge in [0.05, 0.1) is 0 Å². The van der Waals surface area contributed by atoms with Crippen LogP contribution in [0.4, 0.5) is 0 Å². The molecule has 2 saturated heterocycles. The number of nitrogens with zero attached hydrogens (tertiary/aromatic N) is 3. The molecule has 0 radical (unpaired) electrons. The zero-order valence-corrected chi connectivity index (χ0v) is 11.5. The van der Waals surface area contributed by atoms with E-state index in [1.807, 2.05) is 23.1 Å². The molecule has 4 rings (SSSR count). The maximum absolute atomic E-state index is 12.6. The molecule has 20 heavy (non-hydrogen) atoms. The van der Waals surface area contributed by atoms with Gasteiger partial charge in [0.15, 0.2) is 0 Å². The SMILES string of the molecule is CN1C[C@@H]2CN(C(=O)c3cc4cccnc4[nH]3)C[C@@H]2C1. The van der Waals surface area contributed by atoms with E-state index in [1.165, 1.54) is 0 Å². The van der Waals surface area contributed by atoms with Crippen LogP contribution in [-0.2, 0) is 0 Å². The van der Waals surface area contributed by atoms with Crippen molar-refractivity contribution in [3.8, 4) is 0 Å². The van der Waals surface area contributed by atoms with Crippen molar-refractivity contribution < 1.29 is 4.79 Å². The van der Waals surface area contributed by atoms with Gasteiger partial charge in [-0.15, -0.1) is 0 Å². The molecule has 0 unspecified atom stereocenters. The minimum atomic E-state index is 0.111. The lowest BCUT2D eigenvalue weighted by atomic mass is 10.0. The van der Waals surface area contributed by atoms with Crippen LogP contribution >= 0.6 is 0 Å². The Hall–Kier alpha value is -1.88. The minimum Gasteiger partial charge on any atom is -0.337 e. The number of carbonyl (C=O) groups is 1. The summed E-state index contributed by atoms with van der Waals surface area (Å²) < 4.78 is 0. The van der Waals surface area contributed by atoms with Gasteiger partial charge in [-0.2, -0.15) is 0 Å². The highest BCUT2D eigenvalue weighted by Gasteiger charge is 2.40. The summed E-state index contributed by atoms with van der Waals surface area (Å²) in [4.78, 5) is 24.3. The van der Waals surface area contributed by atoms with Gasteiger partial charge >= 0.3 is 0 Å². The van der Waals surface area contributed by atoms with E-state index < -0.39 is 0 Å². The second kappa shape index (κ2) is 4.31. The first kappa shape index (κ1) is 11.9. The summed E-state index contributed by atoms with van der Waals surface area (Å²) in [5.74, 6) is 1.40. The van der Waals surface area contributed by atoms with Crippen LogP contribution in [0.3, 0.4) is 0 Å². The molecule has 0 aromatic carbocycles. The van der Waals surface area contributed by atoms with Gasteiger partial charge in [-0.25, -0.2) is 4.98 Å². The van der Waals surface area contributed by atoms with Crippen LogP contribution in [0.2, 0.25) is 0 Å². The summed E-state index contributed by atoms with van der Waals surface area (Å²) in [6, 6.07) is 5.77. The molecule has 2 aliphatic rings. The Morgan fingerprint density at radius 1 is 1.30 bits per heavy atom. The molecule has 5 heteroatoms. The Kier molecular flexibility index (Phi) is 2.57. The number of H-pyrrole nitrogens is 1. The molecule has 104 valence electrons. The predicted octanol–water partition coefficient (Wildman–Crippen LogP) is 1.20. The second-order valence-electron chi connectivity index (χ2n) is 6.08. The van der Waals surface area contributed by atoms with Crippen LogP contribution < -0.4 is 0 Å². The molecule has 2 aromatic heterocycles. The van der Waals surface area contributed by atoms with E-state index in [0.717, 1.165) is 37.2 Å². The largest absolute Gasteiger partial charge is 0.337 e. The summed E-state index contributed by atoms with van der Waals surface area (Å²) in [6.07, 6.45) is 1.74. The molecular weight excluding hydrogens is 252 g/mol. The van der Waals surface area contributed by atoms with Gasteiger partial charge in [-0.05, 0) is 37.1 Å². The number of hydrogen-bond donors (Lipinski definition) is 1. The summed E-state index contributed by atoms with van der Waals surface area (Å²) in [6.45, 7) is 4.00. The molecule has 0 bridgehead atoms. The van der Waals surface area contributed by atoms with Crippen LogP contribution in [0.15, 0.2) is 24.4 Å². The Labute approximate surface area is 117 Å². The zero-order valence-electron chi connectivity index (χ0n) is 11.5. The van der Waals surface area contributed by atoms with Crippen molar-refractivity contribution >= 4 is 16.9 Å². The normalized spacial score (nSPS) is 26.4. The molecule has 2 aromatic rings. The summed E-state index contributed by atoms with van der Waals surface area (Å²) in [7, 11) is 2.16. The number of pyridine rings is 1. The third-order valence-electron chi connectivity index (χ3n) is 4.58.